The highest BCUT2D eigenvalue weighted by molar-refractivity contribution is 7.09. The highest BCUT2D eigenvalue weighted by Gasteiger charge is 2.48. The Hall–Kier alpha value is -1.23. The maximum Gasteiger partial charge on any atom is 0.320 e. The summed E-state index contributed by atoms with van der Waals surface area (Å²) < 4.78 is 5.15. The Labute approximate surface area is 117 Å². The first-order chi connectivity index (χ1) is 9.08. The molecule has 1 aliphatic carbocycles. The lowest BCUT2D eigenvalue weighted by molar-refractivity contribution is -0.162. The van der Waals surface area contributed by atoms with Gasteiger partial charge in [0.25, 0.3) is 0 Å². The number of carbonyl (C=O) groups excluding carboxylic acids is 2. The molecule has 1 aromatic rings. The van der Waals surface area contributed by atoms with Crippen LogP contribution in [0.15, 0.2) is 5.38 Å². The van der Waals surface area contributed by atoms with Crippen molar-refractivity contribution < 1.29 is 14.3 Å². The quantitative estimate of drug-likeness (QED) is 0.629. The van der Waals surface area contributed by atoms with Gasteiger partial charge in [0.2, 0.25) is 0 Å². The van der Waals surface area contributed by atoms with E-state index in [0.717, 1.165) is 23.5 Å². The van der Waals surface area contributed by atoms with Crippen molar-refractivity contribution >= 4 is 23.1 Å². The molecule has 1 aliphatic rings. The predicted octanol–water partition coefficient (Wildman–Crippen LogP) is 2.69. The summed E-state index contributed by atoms with van der Waals surface area (Å²) in [5.74, 6) is -0.354. The molecule has 1 atom stereocenters. The zero-order chi connectivity index (χ0) is 13.9. The molecule has 0 N–H and O–H groups in total. The fourth-order valence-electron chi connectivity index (χ4n) is 2.63. The number of nitrogens with zero attached hydrogens (tertiary/aromatic N) is 1. The topological polar surface area (TPSA) is 56.3 Å². The summed E-state index contributed by atoms with van der Waals surface area (Å²) in [4.78, 5) is 29.0. The number of Topliss-reactive ketones (excluding diaryl/α,β-unsaturated/α-hetero) is 1. The smallest absolute Gasteiger partial charge is 0.320 e. The second-order valence-corrected chi connectivity index (χ2v) is 6.03. The van der Waals surface area contributed by atoms with Crippen molar-refractivity contribution in [2.75, 3.05) is 6.61 Å². The summed E-state index contributed by atoms with van der Waals surface area (Å²) in [6.45, 7) is 4.00. The number of thiazole rings is 1. The molecular formula is C14H19NO3S. The van der Waals surface area contributed by atoms with Gasteiger partial charge in [-0.2, -0.15) is 0 Å². The number of esters is 1. The van der Waals surface area contributed by atoms with E-state index in [1.165, 1.54) is 0 Å². The van der Waals surface area contributed by atoms with Gasteiger partial charge in [0, 0.05) is 18.2 Å². The van der Waals surface area contributed by atoms with Crippen molar-refractivity contribution in [3.8, 4) is 0 Å². The molecular weight excluding hydrogens is 262 g/mol. The standard InChI is InChI=1S/C14H19NO3S/c1-3-18-13(17)14(7-5-4-6-12(14)16)8-11-9-19-10(2)15-11/h9H,3-8H2,1-2H3. The number of carbonyl (C=O) groups is 2. The van der Waals surface area contributed by atoms with Crippen LogP contribution in [0.5, 0.6) is 0 Å². The fraction of sp³-hybridized carbons (Fsp3) is 0.643. The van der Waals surface area contributed by atoms with Crippen molar-refractivity contribution in [1.29, 1.82) is 0 Å². The Morgan fingerprint density at radius 2 is 2.32 bits per heavy atom. The van der Waals surface area contributed by atoms with Crippen LogP contribution in [0.4, 0.5) is 0 Å². The minimum absolute atomic E-state index is 0.0165. The number of hydrogen-bond donors (Lipinski definition) is 0. The molecule has 1 saturated carbocycles. The highest BCUT2D eigenvalue weighted by Crippen LogP contribution is 2.38. The Morgan fingerprint density at radius 1 is 1.53 bits per heavy atom. The van der Waals surface area contributed by atoms with E-state index in [1.54, 1.807) is 18.3 Å². The molecule has 1 unspecified atom stereocenters. The van der Waals surface area contributed by atoms with Crippen molar-refractivity contribution in [3.05, 3.63) is 16.1 Å². The van der Waals surface area contributed by atoms with Gasteiger partial charge in [-0.05, 0) is 26.7 Å². The van der Waals surface area contributed by atoms with Crippen molar-refractivity contribution in [3.63, 3.8) is 0 Å². The van der Waals surface area contributed by atoms with Gasteiger partial charge < -0.3 is 4.74 Å². The minimum Gasteiger partial charge on any atom is -0.465 e. The summed E-state index contributed by atoms with van der Waals surface area (Å²) in [6, 6.07) is 0. The lowest BCUT2D eigenvalue weighted by Gasteiger charge is -2.32. The van der Waals surface area contributed by atoms with E-state index < -0.39 is 5.41 Å². The van der Waals surface area contributed by atoms with Crippen LogP contribution in [0.3, 0.4) is 0 Å². The molecule has 0 saturated heterocycles. The van der Waals surface area contributed by atoms with Crippen molar-refractivity contribution in [2.24, 2.45) is 5.41 Å². The van der Waals surface area contributed by atoms with Gasteiger partial charge in [0.05, 0.1) is 17.3 Å². The normalized spacial score (nSPS) is 23.4. The molecule has 0 bridgehead atoms. The fourth-order valence-corrected chi connectivity index (χ4v) is 3.25. The van der Waals surface area contributed by atoms with E-state index >= 15 is 0 Å². The van der Waals surface area contributed by atoms with Gasteiger partial charge in [-0.3, -0.25) is 9.59 Å². The Bertz CT molecular complexity index is 483. The molecule has 0 amide bonds. The molecule has 0 radical (unpaired) electrons. The van der Waals surface area contributed by atoms with E-state index in [-0.39, 0.29) is 11.8 Å². The second kappa shape index (κ2) is 5.82. The van der Waals surface area contributed by atoms with E-state index in [9.17, 15) is 9.59 Å². The number of ketones is 1. The molecule has 19 heavy (non-hydrogen) atoms. The van der Waals surface area contributed by atoms with E-state index in [4.69, 9.17) is 4.74 Å². The van der Waals surface area contributed by atoms with Crippen molar-refractivity contribution in [2.45, 2.75) is 46.0 Å². The van der Waals surface area contributed by atoms with Gasteiger partial charge in [-0.15, -0.1) is 11.3 Å². The third-order valence-corrected chi connectivity index (χ3v) is 4.43. The van der Waals surface area contributed by atoms with Crippen LogP contribution >= 0.6 is 11.3 Å². The van der Waals surface area contributed by atoms with Crippen LogP contribution in [0.1, 0.15) is 43.3 Å². The molecule has 2 rings (SSSR count). The maximum absolute atomic E-state index is 12.3. The monoisotopic (exact) mass is 281 g/mol. The molecule has 5 heteroatoms. The molecule has 0 spiro atoms. The molecule has 4 nitrogen and oxygen atoms in total. The first-order valence-electron chi connectivity index (χ1n) is 6.70. The summed E-state index contributed by atoms with van der Waals surface area (Å²) in [7, 11) is 0. The van der Waals surface area contributed by atoms with Gasteiger partial charge in [0.1, 0.15) is 5.41 Å². The number of aromatic nitrogens is 1. The summed E-state index contributed by atoms with van der Waals surface area (Å²) in [5.41, 5.74) is -0.166. The van der Waals surface area contributed by atoms with Crippen LogP contribution in [0, 0.1) is 12.3 Å². The average Bonchev–Trinajstić information content (AvgIpc) is 2.78. The molecule has 1 heterocycles. The van der Waals surface area contributed by atoms with E-state index in [2.05, 4.69) is 4.98 Å². The first kappa shape index (κ1) is 14.2. The van der Waals surface area contributed by atoms with Crippen LogP contribution in [-0.2, 0) is 20.7 Å². The van der Waals surface area contributed by atoms with Gasteiger partial charge in [0.15, 0.2) is 5.78 Å². The average molecular weight is 281 g/mol. The van der Waals surface area contributed by atoms with Crippen LogP contribution < -0.4 is 0 Å². The van der Waals surface area contributed by atoms with Crippen LogP contribution in [-0.4, -0.2) is 23.3 Å². The first-order valence-corrected chi connectivity index (χ1v) is 7.58. The third kappa shape index (κ3) is 2.86. The highest BCUT2D eigenvalue weighted by atomic mass is 32.1. The lowest BCUT2D eigenvalue weighted by Crippen LogP contribution is -2.44. The zero-order valence-electron chi connectivity index (χ0n) is 11.4. The van der Waals surface area contributed by atoms with Crippen LogP contribution in [0.25, 0.3) is 0 Å². The number of rotatable bonds is 4. The van der Waals surface area contributed by atoms with E-state index in [0.29, 0.717) is 25.9 Å². The number of ether oxygens (including phenoxy) is 1. The Morgan fingerprint density at radius 3 is 2.89 bits per heavy atom. The predicted molar refractivity (Wildman–Crippen MR) is 73.1 cm³/mol. The molecule has 1 aromatic heterocycles. The van der Waals surface area contributed by atoms with Gasteiger partial charge in [-0.1, -0.05) is 6.42 Å². The Balaban J connectivity index is 2.27. The van der Waals surface area contributed by atoms with Crippen LogP contribution in [0.2, 0.25) is 0 Å². The summed E-state index contributed by atoms with van der Waals surface area (Å²) in [5, 5.41) is 2.88. The summed E-state index contributed by atoms with van der Waals surface area (Å²) in [6.07, 6.45) is 3.21. The molecule has 0 aliphatic heterocycles. The lowest BCUT2D eigenvalue weighted by atomic mass is 9.70. The Kier molecular flexibility index (Phi) is 4.34. The largest absolute Gasteiger partial charge is 0.465 e. The SMILES string of the molecule is CCOC(=O)C1(Cc2csc(C)n2)CCCCC1=O. The summed E-state index contributed by atoms with van der Waals surface area (Å²) >= 11 is 1.54. The molecule has 0 aromatic carbocycles. The maximum atomic E-state index is 12.3. The third-order valence-electron chi connectivity index (χ3n) is 3.61. The second-order valence-electron chi connectivity index (χ2n) is 4.97. The number of hydrogen-bond acceptors (Lipinski definition) is 5. The van der Waals surface area contributed by atoms with Gasteiger partial charge >= 0.3 is 5.97 Å². The van der Waals surface area contributed by atoms with Gasteiger partial charge in [-0.25, -0.2) is 4.98 Å². The molecule has 1 fully saturated rings. The molecule has 104 valence electrons. The minimum atomic E-state index is -0.991. The number of aryl methyl sites for hydroxylation is 1. The van der Waals surface area contributed by atoms with E-state index in [1.807, 2.05) is 12.3 Å². The zero-order valence-corrected chi connectivity index (χ0v) is 12.2. The van der Waals surface area contributed by atoms with Crippen molar-refractivity contribution in [1.82, 2.24) is 4.98 Å².